The third kappa shape index (κ3) is 1.85. The maximum atomic E-state index is 9.92. The van der Waals surface area contributed by atoms with E-state index in [1.54, 1.807) is 0 Å². The Hall–Kier alpha value is -0.810. The van der Waals surface area contributed by atoms with Crippen LogP contribution < -0.4 is 5.32 Å². The first kappa shape index (κ1) is 7.30. The number of rotatable bonds is 1. The molecule has 1 aliphatic rings. The summed E-state index contributed by atoms with van der Waals surface area (Å²) < 4.78 is 4.33. The molecule has 1 rings (SSSR count). The highest BCUT2D eigenvalue weighted by molar-refractivity contribution is 5.57. The van der Waals surface area contributed by atoms with Gasteiger partial charge in [-0.05, 0) is 0 Å². The van der Waals surface area contributed by atoms with Crippen LogP contribution in [0.5, 0.6) is 0 Å². The van der Waals surface area contributed by atoms with Gasteiger partial charge in [-0.1, -0.05) is 0 Å². The first-order valence-electron chi connectivity index (χ1n) is 2.99. The number of hydrogen-bond donors (Lipinski definition) is 3. The molecule has 0 aliphatic carbocycles. The predicted octanol–water partition coefficient (Wildman–Crippen LogP) is -0.639. The maximum Gasteiger partial charge on any atom is 0.507 e. The molecule has 0 saturated carbocycles. The van der Waals surface area contributed by atoms with Crippen molar-refractivity contribution in [2.45, 2.75) is 18.8 Å². The maximum absolute atomic E-state index is 9.92. The smallest absolute Gasteiger partial charge is 0.450 e. The van der Waals surface area contributed by atoms with Crippen LogP contribution in [-0.4, -0.2) is 35.2 Å². The summed E-state index contributed by atoms with van der Waals surface area (Å²) >= 11 is 0. The van der Waals surface area contributed by atoms with Crippen LogP contribution in [0, 0.1) is 0 Å². The number of carbonyl (C=O) groups is 1. The topological polar surface area (TPSA) is 78.8 Å². The Morgan fingerprint density at radius 1 is 1.70 bits per heavy atom. The van der Waals surface area contributed by atoms with Crippen molar-refractivity contribution in [2.24, 2.45) is 0 Å². The van der Waals surface area contributed by atoms with E-state index in [9.17, 15) is 4.79 Å². The van der Waals surface area contributed by atoms with Gasteiger partial charge in [0.25, 0.3) is 0 Å². The third-order valence-electron chi connectivity index (χ3n) is 1.31. The van der Waals surface area contributed by atoms with Gasteiger partial charge in [-0.2, -0.15) is 0 Å². The zero-order valence-corrected chi connectivity index (χ0v) is 5.28. The molecule has 10 heavy (non-hydrogen) atoms. The quantitative estimate of drug-likeness (QED) is 0.430. The minimum atomic E-state index is -1.31. The van der Waals surface area contributed by atoms with Gasteiger partial charge in [0.05, 0.1) is 6.10 Å². The van der Waals surface area contributed by atoms with E-state index in [2.05, 4.69) is 10.1 Å². The van der Waals surface area contributed by atoms with Gasteiger partial charge in [0.15, 0.2) is 6.23 Å². The molecular formula is C5H9NO4. The highest BCUT2D eigenvalue weighted by atomic mass is 16.7. The Bertz CT molecular complexity index is 138. The van der Waals surface area contributed by atoms with Crippen molar-refractivity contribution in [1.29, 1.82) is 0 Å². The summed E-state index contributed by atoms with van der Waals surface area (Å²) in [6.07, 6.45) is -1.99. The van der Waals surface area contributed by atoms with Crippen LogP contribution in [-0.2, 0) is 4.74 Å². The summed E-state index contributed by atoms with van der Waals surface area (Å²) in [4.78, 5) is 9.92. The van der Waals surface area contributed by atoms with Crippen LogP contribution in [0.15, 0.2) is 0 Å². The molecule has 1 aliphatic heterocycles. The van der Waals surface area contributed by atoms with E-state index in [0.717, 1.165) is 0 Å². The van der Waals surface area contributed by atoms with Gasteiger partial charge in [-0.25, -0.2) is 4.79 Å². The summed E-state index contributed by atoms with van der Waals surface area (Å²) in [6, 6.07) is 0. The fourth-order valence-electron chi connectivity index (χ4n) is 0.893. The summed E-state index contributed by atoms with van der Waals surface area (Å²) in [6.45, 7) is 0.401. The second-order valence-electron chi connectivity index (χ2n) is 2.17. The second-order valence-corrected chi connectivity index (χ2v) is 2.17. The van der Waals surface area contributed by atoms with Crippen molar-refractivity contribution in [2.75, 3.05) is 6.54 Å². The van der Waals surface area contributed by atoms with E-state index < -0.39 is 18.5 Å². The third-order valence-corrected chi connectivity index (χ3v) is 1.31. The number of β-amino-alcohol motifs (C(OH)–C–C–N with tert-alkyl or cyclic N) is 1. The molecular weight excluding hydrogens is 138 g/mol. The largest absolute Gasteiger partial charge is 0.507 e. The van der Waals surface area contributed by atoms with Crippen LogP contribution in [0.3, 0.4) is 0 Å². The lowest BCUT2D eigenvalue weighted by Gasteiger charge is -2.06. The lowest BCUT2D eigenvalue weighted by atomic mass is 10.3. The van der Waals surface area contributed by atoms with Crippen LogP contribution in [0.25, 0.3) is 0 Å². The van der Waals surface area contributed by atoms with E-state index >= 15 is 0 Å². The molecule has 0 bridgehead atoms. The Balaban J connectivity index is 2.24. The second kappa shape index (κ2) is 2.85. The molecule has 0 aromatic carbocycles. The van der Waals surface area contributed by atoms with Gasteiger partial charge in [0.1, 0.15) is 0 Å². The Morgan fingerprint density at radius 2 is 2.40 bits per heavy atom. The van der Waals surface area contributed by atoms with E-state index in [4.69, 9.17) is 10.2 Å². The summed E-state index contributed by atoms with van der Waals surface area (Å²) in [5.74, 6) is 0. The van der Waals surface area contributed by atoms with Gasteiger partial charge >= 0.3 is 6.16 Å². The van der Waals surface area contributed by atoms with E-state index in [1.165, 1.54) is 0 Å². The van der Waals surface area contributed by atoms with E-state index in [0.29, 0.717) is 13.0 Å². The normalized spacial score (nSPS) is 32.1. The first-order valence-corrected chi connectivity index (χ1v) is 2.99. The van der Waals surface area contributed by atoms with Crippen molar-refractivity contribution >= 4 is 6.16 Å². The molecule has 0 unspecified atom stereocenters. The van der Waals surface area contributed by atoms with Crippen molar-refractivity contribution in [3.8, 4) is 0 Å². The lowest BCUT2D eigenvalue weighted by molar-refractivity contribution is 0.0405. The number of aliphatic hydroxyl groups excluding tert-OH is 1. The molecule has 0 aromatic rings. The SMILES string of the molecule is O=C(O)O[C@H]1C[C@H](O)CN1. The number of hydrogen-bond acceptors (Lipinski definition) is 4. The molecule has 58 valence electrons. The first-order chi connectivity index (χ1) is 4.68. The summed E-state index contributed by atoms with van der Waals surface area (Å²) in [7, 11) is 0. The molecule has 0 amide bonds. The van der Waals surface area contributed by atoms with Crippen LogP contribution in [0.2, 0.25) is 0 Å². The fourth-order valence-corrected chi connectivity index (χ4v) is 0.893. The fraction of sp³-hybridized carbons (Fsp3) is 0.800. The lowest BCUT2D eigenvalue weighted by Crippen LogP contribution is -2.26. The molecule has 1 heterocycles. The molecule has 5 nitrogen and oxygen atoms in total. The minimum absolute atomic E-state index is 0.340. The zero-order valence-electron chi connectivity index (χ0n) is 5.28. The van der Waals surface area contributed by atoms with Gasteiger partial charge in [0, 0.05) is 13.0 Å². The van der Waals surface area contributed by atoms with Crippen LogP contribution >= 0.6 is 0 Å². The average Bonchev–Trinajstić information content (AvgIpc) is 2.13. The van der Waals surface area contributed by atoms with Crippen LogP contribution in [0.1, 0.15) is 6.42 Å². The van der Waals surface area contributed by atoms with Crippen molar-refractivity contribution in [3.63, 3.8) is 0 Å². The Labute approximate surface area is 57.6 Å². The standard InChI is InChI=1S/C5H9NO4/c7-3-1-4(6-2-3)10-5(8)9/h3-4,6-7H,1-2H2,(H,8,9)/t3-,4-/m0/s1. The van der Waals surface area contributed by atoms with Crippen molar-refractivity contribution in [1.82, 2.24) is 5.32 Å². The molecule has 5 heteroatoms. The molecule has 0 spiro atoms. The number of carboxylic acid groups (broad SMARTS) is 1. The molecule has 0 radical (unpaired) electrons. The molecule has 0 aromatic heterocycles. The zero-order chi connectivity index (χ0) is 7.56. The summed E-state index contributed by atoms with van der Waals surface area (Å²) in [5, 5.41) is 19.7. The molecule has 3 N–H and O–H groups in total. The average molecular weight is 147 g/mol. The van der Waals surface area contributed by atoms with Crippen molar-refractivity contribution in [3.05, 3.63) is 0 Å². The van der Waals surface area contributed by atoms with Crippen molar-refractivity contribution < 1.29 is 19.7 Å². The molecule has 2 atom stereocenters. The van der Waals surface area contributed by atoms with E-state index in [-0.39, 0.29) is 0 Å². The molecule has 1 saturated heterocycles. The Kier molecular flexibility index (Phi) is 2.08. The number of ether oxygens (including phenoxy) is 1. The van der Waals surface area contributed by atoms with Gasteiger partial charge in [-0.15, -0.1) is 0 Å². The highest BCUT2D eigenvalue weighted by Crippen LogP contribution is 2.06. The minimum Gasteiger partial charge on any atom is -0.450 e. The van der Waals surface area contributed by atoms with E-state index in [1.807, 2.05) is 0 Å². The van der Waals surface area contributed by atoms with Gasteiger partial charge < -0.3 is 14.9 Å². The van der Waals surface area contributed by atoms with Gasteiger partial charge in [0.2, 0.25) is 0 Å². The summed E-state index contributed by atoms with van der Waals surface area (Å²) in [5.41, 5.74) is 0. The number of nitrogens with one attached hydrogen (secondary N) is 1. The predicted molar refractivity (Wildman–Crippen MR) is 31.5 cm³/mol. The molecule has 1 fully saturated rings. The Morgan fingerprint density at radius 3 is 2.80 bits per heavy atom. The van der Waals surface area contributed by atoms with Gasteiger partial charge in [-0.3, -0.25) is 5.32 Å². The highest BCUT2D eigenvalue weighted by Gasteiger charge is 2.24. The van der Waals surface area contributed by atoms with Crippen LogP contribution in [0.4, 0.5) is 4.79 Å². The number of aliphatic hydroxyl groups is 1. The monoisotopic (exact) mass is 147 g/mol.